The Morgan fingerprint density at radius 2 is 2.08 bits per heavy atom. The Labute approximate surface area is 80.0 Å². The van der Waals surface area contributed by atoms with E-state index in [9.17, 15) is 0 Å². The zero-order valence-corrected chi connectivity index (χ0v) is 8.96. The molecule has 0 unspecified atom stereocenters. The quantitative estimate of drug-likeness (QED) is 0.765. The van der Waals surface area contributed by atoms with E-state index in [0.29, 0.717) is 12.5 Å². The van der Waals surface area contributed by atoms with E-state index in [1.165, 1.54) is 5.69 Å². The number of hydrogen-bond acceptors (Lipinski definition) is 2. The Morgan fingerprint density at radius 3 is 2.46 bits per heavy atom. The van der Waals surface area contributed by atoms with Gasteiger partial charge in [0.05, 0.1) is 5.69 Å². The summed E-state index contributed by atoms with van der Waals surface area (Å²) in [7, 11) is 2.07. The molecule has 0 aliphatic heterocycles. The third kappa shape index (κ3) is 1.91. The van der Waals surface area contributed by atoms with Crippen molar-refractivity contribution < 1.29 is 0 Å². The zero-order chi connectivity index (χ0) is 10.0. The SMILES string of the molecule is Cc1c(CCN)nc(C(C)C)n1C. The lowest BCUT2D eigenvalue weighted by molar-refractivity contribution is 0.700. The smallest absolute Gasteiger partial charge is 0.111 e. The summed E-state index contributed by atoms with van der Waals surface area (Å²) in [6.45, 7) is 7.10. The molecule has 0 amide bonds. The van der Waals surface area contributed by atoms with Crippen molar-refractivity contribution >= 4 is 0 Å². The van der Waals surface area contributed by atoms with Gasteiger partial charge in [0.1, 0.15) is 5.82 Å². The second-order valence-corrected chi connectivity index (χ2v) is 3.75. The molecule has 0 aliphatic carbocycles. The van der Waals surface area contributed by atoms with Crippen LogP contribution in [0.1, 0.15) is 37.0 Å². The Balaban J connectivity index is 3.05. The predicted octanol–water partition coefficient (Wildman–Crippen LogP) is 1.35. The van der Waals surface area contributed by atoms with Crippen molar-refractivity contribution in [3.8, 4) is 0 Å². The second kappa shape index (κ2) is 3.92. The molecule has 1 heterocycles. The third-order valence-corrected chi connectivity index (χ3v) is 2.41. The molecule has 0 saturated heterocycles. The molecule has 74 valence electrons. The summed E-state index contributed by atoms with van der Waals surface area (Å²) in [5.74, 6) is 1.64. The van der Waals surface area contributed by atoms with Crippen LogP contribution in [0.5, 0.6) is 0 Å². The lowest BCUT2D eigenvalue weighted by Crippen LogP contribution is -2.04. The van der Waals surface area contributed by atoms with Crippen molar-refractivity contribution in [3.05, 3.63) is 17.2 Å². The van der Waals surface area contributed by atoms with Crippen molar-refractivity contribution in [1.29, 1.82) is 0 Å². The number of rotatable bonds is 3. The van der Waals surface area contributed by atoms with Crippen LogP contribution in [0.15, 0.2) is 0 Å². The van der Waals surface area contributed by atoms with Crippen LogP contribution < -0.4 is 5.73 Å². The van der Waals surface area contributed by atoms with Gasteiger partial charge >= 0.3 is 0 Å². The van der Waals surface area contributed by atoms with E-state index in [-0.39, 0.29) is 0 Å². The average molecular weight is 181 g/mol. The molecule has 0 aromatic carbocycles. The van der Waals surface area contributed by atoms with Gasteiger partial charge < -0.3 is 10.3 Å². The Morgan fingerprint density at radius 1 is 1.46 bits per heavy atom. The van der Waals surface area contributed by atoms with Crippen LogP contribution in [-0.4, -0.2) is 16.1 Å². The van der Waals surface area contributed by atoms with Crippen LogP contribution in [0, 0.1) is 6.92 Å². The van der Waals surface area contributed by atoms with Crippen LogP contribution in [-0.2, 0) is 13.5 Å². The zero-order valence-electron chi connectivity index (χ0n) is 8.96. The van der Waals surface area contributed by atoms with Crippen LogP contribution in [0.25, 0.3) is 0 Å². The highest BCUT2D eigenvalue weighted by Crippen LogP contribution is 2.16. The number of nitrogens with zero attached hydrogens (tertiary/aromatic N) is 2. The predicted molar refractivity (Wildman–Crippen MR) is 54.8 cm³/mol. The summed E-state index contributed by atoms with van der Waals surface area (Å²) in [6.07, 6.45) is 0.881. The van der Waals surface area contributed by atoms with Gasteiger partial charge in [0, 0.05) is 25.1 Å². The van der Waals surface area contributed by atoms with E-state index in [4.69, 9.17) is 5.73 Å². The molecule has 1 aromatic heterocycles. The van der Waals surface area contributed by atoms with Gasteiger partial charge in [-0.2, -0.15) is 0 Å². The normalized spacial score (nSPS) is 11.2. The number of hydrogen-bond donors (Lipinski definition) is 1. The molecule has 0 aliphatic rings. The molecule has 0 spiro atoms. The van der Waals surface area contributed by atoms with Gasteiger partial charge in [-0.05, 0) is 13.5 Å². The maximum atomic E-state index is 5.52. The molecule has 3 heteroatoms. The van der Waals surface area contributed by atoms with Crippen LogP contribution in [0.2, 0.25) is 0 Å². The van der Waals surface area contributed by atoms with Crippen LogP contribution >= 0.6 is 0 Å². The van der Waals surface area contributed by atoms with Gasteiger partial charge in [-0.1, -0.05) is 13.8 Å². The van der Waals surface area contributed by atoms with Gasteiger partial charge in [-0.3, -0.25) is 0 Å². The van der Waals surface area contributed by atoms with Gasteiger partial charge in [-0.25, -0.2) is 4.98 Å². The molecule has 0 radical (unpaired) electrons. The molecular formula is C10H19N3. The minimum absolute atomic E-state index is 0.482. The summed E-state index contributed by atoms with van der Waals surface area (Å²) >= 11 is 0. The Kier molecular flexibility index (Phi) is 3.09. The maximum Gasteiger partial charge on any atom is 0.111 e. The van der Waals surface area contributed by atoms with E-state index >= 15 is 0 Å². The second-order valence-electron chi connectivity index (χ2n) is 3.75. The first-order chi connectivity index (χ1) is 6.07. The van der Waals surface area contributed by atoms with Crippen molar-refractivity contribution in [2.75, 3.05) is 6.54 Å². The highest BCUT2D eigenvalue weighted by atomic mass is 15.1. The first-order valence-electron chi connectivity index (χ1n) is 4.80. The lowest BCUT2D eigenvalue weighted by Gasteiger charge is -2.04. The van der Waals surface area contributed by atoms with E-state index in [1.54, 1.807) is 0 Å². The van der Waals surface area contributed by atoms with Gasteiger partial charge in [0.25, 0.3) is 0 Å². The van der Waals surface area contributed by atoms with E-state index in [1.807, 2.05) is 0 Å². The Bertz CT molecular complexity index is 287. The monoisotopic (exact) mass is 181 g/mol. The molecule has 1 rings (SSSR count). The third-order valence-electron chi connectivity index (χ3n) is 2.41. The van der Waals surface area contributed by atoms with Gasteiger partial charge in [-0.15, -0.1) is 0 Å². The fourth-order valence-corrected chi connectivity index (χ4v) is 1.55. The van der Waals surface area contributed by atoms with E-state index in [2.05, 4.69) is 37.4 Å². The lowest BCUT2D eigenvalue weighted by atomic mass is 10.2. The maximum absolute atomic E-state index is 5.52. The molecule has 0 saturated carbocycles. The fraction of sp³-hybridized carbons (Fsp3) is 0.700. The van der Waals surface area contributed by atoms with Crippen molar-refractivity contribution in [1.82, 2.24) is 9.55 Å². The molecular weight excluding hydrogens is 162 g/mol. The first kappa shape index (κ1) is 10.3. The highest BCUT2D eigenvalue weighted by Gasteiger charge is 2.12. The molecule has 3 nitrogen and oxygen atoms in total. The van der Waals surface area contributed by atoms with Crippen molar-refractivity contribution in [3.63, 3.8) is 0 Å². The largest absolute Gasteiger partial charge is 0.335 e. The average Bonchev–Trinajstić information content (AvgIpc) is 2.33. The first-order valence-corrected chi connectivity index (χ1v) is 4.80. The number of nitrogens with two attached hydrogens (primary N) is 1. The minimum Gasteiger partial charge on any atom is -0.335 e. The fourth-order valence-electron chi connectivity index (χ4n) is 1.55. The minimum atomic E-state index is 0.482. The number of aromatic nitrogens is 2. The topological polar surface area (TPSA) is 43.8 Å². The molecule has 2 N–H and O–H groups in total. The molecule has 0 fully saturated rings. The summed E-state index contributed by atoms with van der Waals surface area (Å²) in [4.78, 5) is 4.58. The summed E-state index contributed by atoms with van der Waals surface area (Å²) in [5.41, 5.74) is 7.91. The standard InChI is InChI=1S/C10H19N3/c1-7(2)10-12-9(5-6-11)8(3)13(10)4/h7H,5-6,11H2,1-4H3. The van der Waals surface area contributed by atoms with Crippen molar-refractivity contribution in [2.24, 2.45) is 12.8 Å². The Hall–Kier alpha value is -0.830. The number of imidazole rings is 1. The van der Waals surface area contributed by atoms with Gasteiger partial charge in [0.2, 0.25) is 0 Å². The van der Waals surface area contributed by atoms with Crippen LogP contribution in [0.4, 0.5) is 0 Å². The molecule has 0 bridgehead atoms. The van der Waals surface area contributed by atoms with Crippen molar-refractivity contribution in [2.45, 2.75) is 33.1 Å². The highest BCUT2D eigenvalue weighted by molar-refractivity contribution is 5.17. The van der Waals surface area contributed by atoms with E-state index < -0.39 is 0 Å². The molecule has 13 heavy (non-hydrogen) atoms. The summed E-state index contributed by atoms with van der Waals surface area (Å²) in [5, 5.41) is 0. The van der Waals surface area contributed by atoms with E-state index in [0.717, 1.165) is 17.9 Å². The summed E-state index contributed by atoms with van der Waals surface area (Å²) in [6, 6.07) is 0. The molecule has 0 atom stereocenters. The molecule has 1 aromatic rings. The van der Waals surface area contributed by atoms with Crippen LogP contribution in [0.3, 0.4) is 0 Å². The van der Waals surface area contributed by atoms with Gasteiger partial charge in [0.15, 0.2) is 0 Å². The summed E-state index contributed by atoms with van der Waals surface area (Å²) < 4.78 is 2.16.